The van der Waals surface area contributed by atoms with Crippen LogP contribution in [0.1, 0.15) is 25.8 Å². The first-order valence-corrected chi connectivity index (χ1v) is 11.7. The smallest absolute Gasteiger partial charge is 0.249 e. The quantitative estimate of drug-likeness (QED) is 0.527. The molecule has 1 aromatic heterocycles. The van der Waals surface area contributed by atoms with Gasteiger partial charge in [0.1, 0.15) is 6.04 Å². The zero-order valence-corrected chi connectivity index (χ0v) is 17.5. The number of carbonyl (C=O) groups excluding carboxylic acids is 1. The Balaban J connectivity index is 2.17. The molecular formula is C16H22N4O3S3. The Morgan fingerprint density at radius 2 is 1.96 bits per heavy atom. The van der Waals surface area contributed by atoms with Gasteiger partial charge in [0.25, 0.3) is 0 Å². The first-order valence-electron chi connectivity index (χ1n) is 8.05. The molecule has 1 N–H and O–H groups in total. The fourth-order valence-corrected chi connectivity index (χ4v) is 5.07. The summed E-state index contributed by atoms with van der Waals surface area (Å²) in [5.74, 6) is 0.466. The molecule has 1 heterocycles. The SMILES string of the molecule is CCCSc1nnc(NC(=O)C(C)N(c2ccc(C)cc2)S(C)(=O)=O)s1. The van der Waals surface area contributed by atoms with Gasteiger partial charge in [-0.2, -0.15) is 0 Å². The highest BCUT2D eigenvalue weighted by Gasteiger charge is 2.29. The van der Waals surface area contributed by atoms with Crippen molar-refractivity contribution in [2.24, 2.45) is 0 Å². The van der Waals surface area contributed by atoms with Crippen molar-refractivity contribution >= 4 is 49.8 Å². The number of aromatic nitrogens is 2. The van der Waals surface area contributed by atoms with Crippen LogP contribution in [0.25, 0.3) is 0 Å². The summed E-state index contributed by atoms with van der Waals surface area (Å²) in [5, 5.41) is 11.0. The van der Waals surface area contributed by atoms with Gasteiger partial charge in [0, 0.05) is 5.75 Å². The number of thioether (sulfide) groups is 1. The molecule has 0 fully saturated rings. The largest absolute Gasteiger partial charge is 0.299 e. The topological polar surface area (TPSA) is 92.3 Å². The van der Waals surface area contributed by atoms with Gasteiger partial charge >= 0.3 is 0 Å². The maximum absolute atomic E-state index is 12.6. The molecule has 1 aromatic carbocycles. The van der Waals surface area contributed by atoms with Crippen LogP contribution in [0.5, 0.6) is 0 Å². The molecule has 142 valence electrons. The molecule has 0 aliphatic heterocycles. The van der Waals surface area contributed by atoms with Crippen molar-refractivity contribution < 1.29 is 13.2 Å². The Bertz CT molecular complexity index is 850. The van der Waals surface area contributed by atoms with E-state index in [0.29, 0.717) is 10.8 Å². The van der Waals surface area contributed by atoms with Crippen LogP contribution >= 0.6 is 23.1 Å². The zero-order chi connectivity index (χ0) is 19.3. The lowest BCUT2D eigenvalue weighted by Gasteiger charge is -2.27. The Hall–Kier alpha value is -1.65. The van der Waals surface area contributed by atoms with Crippen molar-refractivity contribution in [1.29, 1.82) is 0 Å². The highest BCUT2D eigenvalue weighted by molar-refractivity contribution is 8.01. The number of carbonyl (C=O) groups is 1. The molecule has 26 heavy (non-hydrogen) atoms. The van der Waals surface area contributed by atoms with E-state index in [1.54, 1.807) is 43.0 Å². The molecule has 0 saturated heterocycles. The summed E-state index contributed by atoms with van der Waals surface area (Å²) < 4.78 is 26.4. The maximum atomic E-state index is 12.6. The number of aryl methyl sites for hydroxylation is 1. The van der Waals surface area contributed by atoms with Crippen molar-refractivity contribution in [3.8, 4) is 0 Å². The van der Waals surface area contributed by atoms with Gasteiger partial charge in [-0.05, 0) is 32.4 Å². The first-order chi connectivity index (χ1) is 12.2. The first kappa shape index (κ1) is 20.7. The lowest BCUT2D eigenvalue weighted by molar-refractivity contribution is -0.116. The highest BCUT2D eigenvalue weighted by atomic mass is 32.2. The normalized spacial score (nSPS) is 12.6. The molecule has 1 atom stereocenters. The Morgan fingerprint density at radius 3 is 2.54 bits per heavy atom. The number of nitrogens with zero attached hydrogens (tertiary/aromatic N) is 3. The minimum atomic E-state index is -3.64. The number of hydrogen-bond acceptors (Lipinski definition) is 7. The minimum absolute atomic E-state index is 0.359. The molecule has 7 nitrogen and oxygen atoms in total. The number of amides is 1. The highest BCUT2D eigenvalue weighted by Crippen LogP contribution is 2.27. The number of benzene rings is 1. The van der Waals surface area contributed by atoms with Crippen LogP contribution in [0.4, 0.5) is 10.8 Å². The van der Waals surface area contributed by atoms with Gasteiger partial charge in [-0.15, -0.1) is 10.2 Å². The molecule has 0 aliphatic carbocycles. The lowest BCUT2D eigenvalue weighted by Crippen LogP contribution is -2.45. The molecule has 0 radical (unpaired) electrons. The van der Waals surface area contributed by atoms with Crippen LogP contribution in [0.15, 0.2) is 28.6 Å². The Kier molecular flexibility index (Phi) is 7.01. The molecule has 0 saturated carbocycles. The Labute approximate surface area is 162 Å². The minimum Gasteiger partial charge on any atom is -0.299 e. The van der Waals surface area contributed by atoms with Crippen molar-refractivity contribution in [1.82, 2.24) is 10.2 Å². The van der Waals surface area contributed by atoms with E-state index in [0.717, 1.165) is 32.6 Å². The third-order valence-corrected chi connectivity index (χ3v) is 6.86. The number of rotatable bonds is 8. The molecule has 10 heteroatoms. The molecule has 2 aromatic rings. The molecule has 0 aliphatic rings. The van der Waals surface area contributed by atoms with Crippen molar-refractivity contribution in [3.05, 3.63) is 29.8 Å². The summed E-state index contributed by atoms with van der Waals surface area (Å²) in [7, 11) is -3.64. The van der Waals surface area contributed by atoms with Crippen LogP contribution < -0.4 is 9.62 Å². The van der Waals surface area contributed by atoms with Crippen molar-refractivity contribution in [3.63, 3.8) is 0 Å². The van der Waals surface area contributed by atoms with E-state index in [4.69, 9.17) is 0 Å². The molecule has 0 spiro atoms. The molecular weight excluding hydrogens is 392 g/mol. The third-order valence-electron chi connectivity index (χ3n) is 3.44. The molecule has 1 unspecified atom stereocenters. The fraction of sp³-hybridized carbons (Fsp3) is 0.438. The van der Waals surface area contributed by atoms with Gasteiger partial charge in [0.05, 0.1) is 11.9 Å². The van der Waals surface area contributed by atoms with Crippen molar-refractivity contribution in [2.45, 2.75) is 37.6 Å². The van der Waals surface area contributed by atoms with Gasteiger partial charge in [-0.25, -0.2) is 8.42 Å². The monoisotopic (exact) mass is 414 g/mol. The number of hydrogen-bond donors (Lipinski definition) is 1. The summed E-state index contributed by atoms with van der Waals surface area (Å²) in [5.41, 5.74) is 1.45. The summed E-state index contributed by atoms with van der Waals surface area (Å²) in [6.07, 6.45) is 2.10. The Morgan fingerprint density at radius 1 is 1.31 bits per heavy atom. The van der Waals surface area contributed by atoms with Crippen LogP contribution in [0.2, 0.25) is 0 Å². The number of nitrogens with one attached hydrogen (secondary N) is 1. The predicted octanol–water partition coefficient (Wildman–Crippen LogP) is 3.14. The average molecular weight is 415 g/mol. The standard InChI is InChI=1S/C16H22N4O3S3/c1-5-10-24-16-19-18-15(25-16)17-14(21)12(3)20(26(4,22)23)13-8-6-11(2)7-9-13/h6-9,12H,5,10H2,1-4H3,(H,17,18,21). The molecule has 1 amide bonds. The van der Waals surface area contributed by atoms with Crippen LogP contribution in [0, 0.1) is 6.92 Å². The summed E-state index contributed by atoms with van der Waals surface area (Å²) >= 11 is 2.85. The van der Waals surface area contributed by atoms with E-state index in [2.05, 4.69) is 22.4 Å². The second kappa shape index (κ2) is 8.83. The van der Waals surface area contributed by atoms with Gasteiger partial charge in [-0.1, -0.05) is 47.7 Å². The predicted molar refractivity (Wildman–Crippen MR) is 108 cm³/mol. The van der Waals surface area contributed by atoms with Crippen LogP contribution in [0.3, 0.4) is 0 Å². The van der Waals surface area contributed by atoms with E-state index >= 15 is 0 Å². The summed E-state index contributed by atoms with van der Waals surface area (Å²) in [6.45, 7) is 5.53. The van der Waals surface area contributed by atoms with Crippen LogP contribution in [-0.4, -0.2) is 42.6 Å². The summed E-state index contributed by atoms with van der Waals surface area (Å²) in [4.78, 5) is 12.6. The molecule has 2 rings (SSSR count). The van der Waals surface area contributed by atoms with E-state index < -0.39 is 22.0 Å². The zero-order valence-electron chi connectivity index (χ0n) is 15.1. The molecule has 0 bridgehead atoms. The van der Waals surface area contributed by atoms with Gasteiger partial charge < -0.3 is 0 Å². The van der Waals surface area contributed by atoms with Gasteiger partial charge in [0.15, 0.2) is 4.34 Å². The van der Waals surface area contributed by atoms with E-state index in [1.165, 1.54) is 11.3 Å². The lowest BCUT2D eigenvalue weighted by atomic mass is 10.2. The van der Waals surface area contributed by atoms with Crippen LogP contribution in [-0.2, 0) is 14.8 Å². The number of sulfonamides is 1. The second-order valence-electron chi connectivity index (χ2n) is 5.78. The third kappa shape index (κ3) is 5.42. The van der Waals surface area contributed by atoms with E-state index in [-0.39, 0.29) is 0 Å². The van der Waals surface area contributed by atoms with Gasteiger partial charge in [-0.3, -0.25) is 14.4 Å². The van der Waals surface area contributed by atoms with E-state index in [1.807, 2.05) is 6.92 Å². The fourth-order valence-electron chi connectivity index (χ4n) is 2.22. The van der Waals surface area contributed by atoms with E-state index in [9.17, 15) is 13.2 Å². The van der Waals surface area contributed by atoms with Crippen molar-refractivity contribution in [2.75, 3.05) is 21.6 Å². The maximum Gasteiger partial charge on any atom is 0.249 e. The average Bonchev–Trinajstić information content (AvgIpc) is 3.01. The summed E-state index contributed by atoms with van der Waals surface area (Å²) in [6, 6.07) is 6.05. The van der Waals surface area contributed by atoms with Gasteiger partial charge in [0.2, 0.25) is 21.1 Å². The second-order valence-corrected chi connectivity index (χ2v) is 9.96. The number of anilines is 2.